The predicted molar refractivity (Wildman–Crippen MR) is 230 cm³/mol. The molecule has 0 saturated carbocycles. The predicted octanol–water partition coefficient (Wildman–Crippen LogP) is 11.5. The third-order valence-corrected chi connectivity index (χ3v) is 10.3. The van der Waals surface area contributed by atoms with Gasteiger partial charge in [-0.3, -0.25) is 25.2 Å². The maximum atomic E-state index is 13.8. The molecule has 3 aromatic carbocycles. The summed E-state index contributed by atoms with van der Waals surface area (Å²) in [6, 6.07) is 8.73. The highest BCUT2D eigenvalue weighted by molar-refractivity contribution is 5.87. The third-order valence-electron chi connectivity index (χ3n) is 10.3. The number of hydrogen-bond donors (Lipinski definition) is 2. The molecule has 3 aromatic rings. The highest BCUT2D eigenvalue weighted by atomic mass is 16.6. The Hall–Kier alpha value is -4.51. The molecule has 57 heavy (non-hydrogen) atoms. The number of nitrogens with zero attached hydrogens (tertiary/aromatic N) is 3. The number of hydrogen-bond acceptors (Lipinski definition) is 9. The number of aliphatic imine (C=N–C) groups is 1. The van der Waals surface area contributed by atoms with Crippen LogP contribution in [0, 0.1) is 20.2 Å². The minimum absolute atomic E-state index is 0.221. The highest BCUT2D eigenvalue weighted by Crippen LogP contribution is 2.49. The molecule has 0 radical (unpaired) electrons. The quantitative estimate of drug-likeness (QED) is 0.0666. The van der Waals surface area contributed by atoms with Gasteiger partial charge in [0.25, 0.3) is 5.69 Å². The molecule has 1 atom stereocenters. The van der Waals surface area contributed by atoms with Crippen LogP contribution in [0.4, 0.5) is 11.4 Å². The number of ether oxygens (including phenoxy) is 2. The normalized spacial score (nSPS) is 13.5. The minimum atomic E-state index is -1.86. The summed E-state index contributed by atoms with van der Waals surface area (Å²) in [7, 11) is 0. The molecule has 2 N–H and O–H groups in total. The van der Waals surface area contributed by atoms with Crippen molar-refractivity contribution in [2.24, 2.45) is 4.99 Å². The molecule has 0 fully saturated rings. The second kappa shape index (κ2) is 17.5. The molecule has 11 nitrogen and oxygen atoms in total. The van der Waals surface area contributed by atoms with Gasteiger partial charge in [0.1, 0.15) is 17.1 Å². The van der Waals surface area contributed by atoms with Crippen LogP contribution in [0.15, 0.2) is 41.4 Å². The zero-order valence-electron chi connectivity index (χ0n) is 37.0. The first-order valence-electron chi connectivity index (χ1n) is 20.2. The van der Waals surface area contributed by atoms with Gasteiger partial charge in [-0.2, -0.15) is 0 Å². The van der Waals surface area contributed by atoms with Gasteiger partial charge in [-0.15, -0.1) is 0 Å². The van der Waals surface area contributed by atoms with E-state index in [1.54, 1.807) is 6.92 Å². The van der Waals surface area contributed by atoms with Gasteiger partial charge >= 0.3 is 5.69 Å². The molecule has 11 heteroatoms. The van der Waals surface area contributed by atoms with Crippen molar-refractivity contribution in [3.05, 3.63) is 95.6 Å². The van der Waals surface area contributed by atoms with Crippen molar-refractivity contribution in [3.8, 4) is 17.2 Å². The van der Waals surface area contributed by atoms with Crippen LogP contribution in [-0.4, -0.2) is 45.5 Å². The number of non-ortho nitro benzene ring substituents is 1. The molecule has 0 heterocycles. The van der Waals surface area contributed by atoms with Gasteiger partial charge in [-0.05, 0) is 76.8 Å². The SMILES string of the molecule is CCCCOc1c(C(C)(C)C)cc(C(O)(c2cc(C(C)(C)C)c(OCCCC)c(C(C)(C)C)c2)C(C)N=Cc2cc([N+](=O)[O-])cc([N+](=O)[O-])c2O)cc1C(C)(C)C. The van der Waals surface area contributed by atoms with Crippen LogP contribution in [-0.2, 0) is 27.3 Å². The number of phenols is 1. The first kappa shape index (κ1) is 46.9. The summed E-state index contributed by atoms with van der Waals surface area (Å²) in [5, 5.41) is 48.2. The smallest absolute Gasteiger partial charge is 0.318 e. The summed E-state index contributed by atoms with van der Waals surface area (Å²) in [4.78, 5) is 26.7. The molecule has 0 aliphatic rings. The van der Waals surface area contributed by atoms with Gasteiger partial charge in [0.2, 0.25) is 5.75 Å². The van der Waals surface area contributed by atoms with E-state index in [1.165, 1.54) is 6.21 Å². The molecule has 1 unspecified atom stereocenters. The number of nitro groups is 2. The van der Waals surface area contributed by atoms with E-state index in [0.717, 1.165) is 65.5 Å². The Morgan fingerprint density at radius 2 is 1.04 bits per heavy atom. The third kappa shape index (κ3) is 10.7. The lowest BCUT2D eigenvalue weighted by Crippen LogP contribution is -2.40. The van der Waals surface area contributed by atoms with Crippen molar-refractivity contribution in [3.63, 3.8) is 0 Å². The van der Waals surface area contributed by atoms with E-state index in [2.05, 4.69) is 96.9 Å². The summed E-state index contributed by atoms with van der Waals surface area (Å²) in [6.45, 7) is 32.4. The van der Waals surface area contributed by atoms with Crippen LogP contribution in [0.3, 0.4) is 0 Å². The van der Waals surface area contributed by atoms with E-state index < -0.39 is 60.3 Å². The molecule has 0 aromatic heterocycles. The molecule has 0 aliphatic heterocycles. The van der Waals surface area contributed by atoms with Gasteiger partial charge in [0.15, 0.2) is 0 Å². The number of aromatic hydroxyl groups is 1. The van der Waals surface area contributed by atoms with E-state index >= 15 is 0 Å². The second-order valence-corrected chi connectivity index (χ2v) is 19.3. The first-order valence-corrected chi connectivity index (χ1v) is 20.2. The molecule has 0 amide bonds. The molecule has 0 spiro atoms. The number of aliphatic hydroxyl groups is 1. The lowest BCUT2D eigenvalue weighted by Gasteiger charge is -2.39. The fourth-order valence-corrected chi connectivity index (χ4v) is 6.79. The van der Waals surface area contributed by atoms with Crippen LogP contribution < -0.4 is 9.47 Å². The minimum Gasteiger partial charge on any atom is -0.502 e. The lowest BCUT2D eigenvalue weighted by atomic mass is 9.71. The fourth-order valence-electron chi connectivity index (χ4n) is 6.79. The van der Waals surface area contributed by atoms with Gasteiger partial charge in [-0.25, -0.2) is 0 Å². The number of benzene rings is 3. The van der Waals surface area contributed by atoms with Gasteiger partial charge < -0.3 is 19.7 Å². The average molecular weight is 790 g/mol. The second-order valence-electron chi connectivity index (χ2n) is 19.3. The lowest BCUT2D eigenvalue weighted by molar-refractivity contribution is -0.394. The van der Waals surface area contributed by atoms with Crippen LogP contribution in [0.5, 0.6) is 17.2 Å². The maximum absolute atomic E-state index is 13.8. The number of unbranched alkanes of at least 4 members (excludes halogenated alkanes) is 2. The molecule has 3 rings (SSSR count). The largest absolute Gasteiger partial charge is 0.502 e. The molecular formula is C46H67N3O8. The molecular weight excluding hydrogens is 723 g/mol. The fraction of sp³-hybridized carbons (Fsp3) is 0.587. The Kier molecular flexibility index (Phi) is 14.4. The van der Waals surface area contributed by atoms with Crippen molar-refractivity contribution < 1.29 is 29.5 Å². The van der Waals surface area contributed by atoms with Gasteiger partial charge in [-0.1, -0.05) is 110 Å². The molecule has 0 saturated heterocycles. The number of rotatable bonds is 15. The van der Waals surface area contributed by atoms with Gasteiger partial charge in [0, 0.05) is 40.1 Å². The van der Waals surface area contributed by atoms with Crippen LogP contribution in [0.2, 0.25) is 0 Å². The van der Waals surface area contributed by atoms with Crippen molar-refractivity contribution in [1.29, 1.82) is 0 Å². The van der Waals surface area contributed by atoms with Crippen LogP contribution >= 0.6 is 0 Å². The van der Waals surface area contributed by atoms with E-state index in [9.17, 15) is 30.4 Å². The summed E-state index contributed by atoms with van der Waals surface area (Å²) in [5.41, 5.74) is -0.375. The van der Waals surface area contributed by atoms with Crippen LogP contribution in [0.25, 0.3) is 0 Å². The Bertz CT molecular complexity index is 1800. The average Bonchev–Trinajstić information content (AvgIpc) is 3.08. The van der Waals surface area contributed by atoms with Crippen molar-refractivity contribution in [1.82, 2.24) is 0 Å². The zero-order chi connectivity index (χ0) is 43.5. The molecule has 314 valence electrons. The summed E-state index contributed by atoms with van der Waals surface area (Å²) >= 11 is 0. The van der Waals surface area contributed by atoms with E-state index in [1.807, 2.05) is 24.3 Å². The number of phenolic OH excluding ortho intramolecular Hbond substituents is 1. The molecule has 0 bridgehead atoms. The summed E-state index contributed by atoms with van der Waals surface area (Å²) in [6.07, 6.45) is 4.86. The summed E-state index contributed by atoms with van der Waals surface area (Å²) < 4.78 is 13.2. The van der Waals surface area contributed by atoms with Crippen molar-refractivity contribution in [2.75, 3.05) is 13.2 Å². The summed E-state index contributed by atoms with van der Waals surface area (Å²) in [5.74, 6) is 0.803. The highest BCUT2D eigenvalue weighted by Gasteiger charge is 2.43. The topological polar surface area (TPSA) is 158 Å². The van der Waals surface area contributed by atoms with Gasteiger partial charge in [0.05, 0.1) is 35.2 Å². The van der Waals surface area contributed by atoms with E-state index in [-0.39, 0.29) is 5.56 Å². The standard InChI is InChI=1S/C46H67N3O8/c1-16-18-20-56-40-34(42(4,5)6)23-31(24-35(40)43(7,8)9)46(51,29(3)47-28-30-22-33(48(52)53)27-38(39(30)50)49(54)55)32-25-36(44(10,11)12)41(57-21-19-17-2)37(26-32)45(13,14)15/h22-29,50-51H,16-21H2,1-15H3. The van der Waals surface area contributed by atoms with E-state index in [0.29, 0.717) is 30.4 Å². The number of nitro benzene ring substituents is 2. The molecule has 0 aliphatic carbocycles. The van der Waals surface area contributed by atoms with E-state index in [4.69, 9.17) is 14.5 Å². The monoisotopic (exact) mass is 789 g/mol. The zero-order valence-corrected chi connectivity index (χ0v) is 37.0. The first-order chi connectivity index (χ1) is 26.1. The maximum Gasteiger partial charge on any atom is 0.318 e. The Morgan fingerprint density at radius 3 is 1.33 bits per heavy atom. The van der Waals surface area contributed by atoms with Crippen LogP contribution in [0.1, 0.15) is 168 Å². The Balaban J connectivity index is 2.61. The van der Waals surface area contributed by atoms with Crippen molar-refractivity contribution in [2.45, 2.75) is 163 Å². The van der Waals surface area contributed by atoms with Crippen molar-refractivity contribution >= 4 is 17.6 Å². The Labute approximate surface area is 340 Å². The Morgan fingerprint density at radius 1 is 0.667 bits per heavy atom.